The standard InChI is InChI=1S/C16H12N2S/c1-2-4-14(5-3-1)15-8-6-13(7-9-15)12-18-16-17-10-11-19-16/h1-12H/b18-12+. The Hall–Kier alpha value is -2.26. The molecule has 0 aliphatic carbocycles. The topological polar surface area (TPSA) is 25.2 Å². The summed E-state index contributed by atoms with van der Waals surface area (Å²) < 4.78 is 0. The highest BCUT2D eigenvalue weighted by molar-refractivity contribution is 7.13. The zero-order chi connectivity index (χ0) is 12.9. The monoisotopic (exact) mass is 264 g/mol. The highest BCUT2D eigenvalue weighted by Gasteiger charge is 1.96. The van der Waals surface area contributed by atoms with Gasteiger partial charge in [-0.3, -0.25) is 0 Å². The highest BCUT2D eigenvalue weighted by Crippen LogP contribution is 2.19. The molecule has 0 saturated carbocycles. The number of benzene rings is 2. The van der Waals surface area contributed by atoms with Gasteiger partial charge in [0.05, 0.1) is 0 Å². The van der Waals surface area contributed by atoms with Gasteiger partial charge in [0.1, 0.15) is 0 Å². The molecule has 0 saturated heterocycles. The molecule has 0 amide bonds. The summed E-state index contributed by atoms with van der Waals surface area (Å²) in [6.07, 6.45) is 3.60. The number of aromatic nitrogens is 1. The fourth-order valence-corrected chi connectivity index (χ4v) is 2.28. The van der Waals surface area contributed by atoms with Crippen LogP contribution in [0.4, 0.5) is 5.13 Å². The Morgan fingerprint density at radius 2 is 1.63 bits per heavy atom. The second kappa shape index (κ2) is 5.59. The normalized spacial score (nSPS) is 10.9. The van der Waals surface area contributed by atoms with Crippen LogP contribution in [0.1, 0.15) is 5.56 Å². The van der Waals surface area contributed by atoms with E-state index >= 15 is 0 Å². The van der Waals surface area contributed by atoms with Gasteiger partial charge < -0.3 is 0 Å². The van der Waals surface area contributed by atoms with Gasteiger partial charge in [0.25, 0.3) is 0 Å². The lowest BCUT2D eigenvalue weighted by atomic mass is 10.0. The zero-order valence-electron chi connectivity index (χ0n) is 10.2. The van der Waals surface area contributed by atoms with E-state index in [1.165, 1.54) is 22.5 Å². The summed E-state index contributed by atoms with van der Waals surface area (Å²) in [5.74, 6) is 0. The summed E-state index contributed by atoms with van der Waals surface area (Å²) in [4.78, 5) is 8.44. The van der Waals surface area contributed by atoms with Crippen LogP contribution in [0.2, 0.25) is 0 Å². The Morgan fingerprint density at radius 1 is 0.895 bits per heavy atom. The van der Waals surface area contributed by atoms with E-state index in [2.05, 4.69) is 46.4 Å². The molecule has 1 aromatic heterocycles. The van der Waals surface area contributed by atoms with Gasteiger partial charge in [-0.1, -0.05) is 54.6 Å². The van der Waals surface area contributed by atoms with Crippen molar-refractivity contribution in [1.82, 2.24) is 4.98 Å². The lowest BCUT2D eigenvalue weighted by molar-refractivity contribution is 1.36. The number of rotatable bonds is 3. The van der Waals surface area contributed by atoms with Crippen LogP contribution in [0.3, 0.4) is 0 Å². The first-order chi connectivity index (χ1) is 9.42. The lowest BCUT2D eigenvalue weighted by Crippen LogP contribution is -1.81. The van der Waals surface area contributed by atoms with Gasteiger partial charge in [0.2, 0.25) is 5.13 Å². The number of aliphatic imine (C=N–C) groups is 1. The Bertz CT molecular complexity index is 656. The van der Waals surface area contributed by atoms with E-state index in [1.54, 1.807) is 6.20 Å². The second-order valence-corrected chi connectivity index (χ2v) is 4.93. The number of thiazole rings is 1. The SMILES string of the molecule is C(=N\c1nccs1)/c1ccc(-c2ccccc2)cc1. The summed E-state index contributed by atoms with van der Waals surface area (Å²) >= 11 is 1.53. The minimum atomic E-state index is 0.784. The second-order valence-electron chi connectivity index (χ2n) is 4.06. The molecular weight excluding hydrogens is 252 g/mol. The summed E-state index contributed by atoms with van der Waals surface area (Å²) in [5, 5.41) is 2.71. The van der Waals surface area contributed by atoms with Crippen molar-refractivity contribution in [2.45, 2.75) is 0 Å². The van der Waals surface area contributed by atoms with Crippen molar-refractivity contribution in [3.63, 3.8) is 0 Å². The fourth-order valence-electron chi connectivity index (χ4n) is 1.80. The third-order valence-corrected chi connectivity index (χ3v) is 3.44. The van der Waals surface area contributed by atoms with Crippen molar-refractivity contribution >= 4 is 22.7 Å². The number of hydrogen-bond donors (Lipinski definition) is 0. The van der Waals surface area contributed by atoms with Gasteiger partial charge in [-0.05, 0) is 16.7 Å². The molecule has 0 aliphatic heterocycles. The third kappa shape index (κ3) is 2.95. The summed E-state index contributed by atoms with van der Waals surface area (Å²) in [6, 6.07) is 18.7. The predicted molar refractivity (Wildman–Crippen MR) is 81.2 cm³/mol. The molecule has 0 bridgehead atoms. The molecule has 19 heavy (non-hydrogen) atoms. The van der Waals surface area contributed by atoms with Crippen LogP contribution in [-0.2, 0) is 0 Å². The van der Waals surface area contributed by atoms with E-state index < -0.39 is 0 Å². The first-order valence-electron chi connectivity index (χ1n) is 6.01. The molecule has 0 spiro atoms. The minimum Gasteiger partial charge on any atom is -0.227 e. The largest absolute Gasteiger partial charge is 0.227 e. The first-order valence-corrected chi connectivity index (χ1v) is 6.89. The molecule has 2 nitrogen and oxygen atoms in total. The van der Waals surface area contributed by atoms with Crippen LogP contribution < -0.4 is 0 Å². The van der Waals surface area contributed by atoms with Crippen molar-refractivity contribution in [1.29, 1.82) is 0 Å². The van der Waals surface area contributed by atoms with Gasteiger partial charge in [-0.15, -0.1) is 11.3 Å². The Balaban J connectivity index is 1.80. The molecule has 3 heteroatoms. The number of hydrogen-bond acceptors (Lipinski definition) is 3. The van der Waals surface area contributed by atoms with E-state index in [9.17, 15) is 0 Å². The molecule has 0 aliphatic rings. The van der Waals surface area contributed by atoms with Gasteiger partial charge in [-0.25, -0.2) is 9.98 Å². The maximum Gasteiger partial charge on any atom is 0.208 e. The Morgan fingerprint density at radius 3 is 2.32 bits per heavy atom. The van der Waals surface area contributed by atoms with E-state index in [0.29, 0.717) is 0 Å². The van der Waals surface area contributed by atoms with Crippen LogP contribution in [0.25, 0.3) is 11.1 Å². The molecule has 2 aromatic carbocycles. The highest BCUT2D eigenvalue weighted by atomic mass is 32.1. The maximum absolute atomic E-state index is 4.32. The maximum atomic E-state index is 4.32. The average Bonchev–Trinajstić information content (AvgIpc) is 3.00. The zero-order valence-corrected chi connectivity index (χ0v) is 11.0. The van der Waals surface area contributed by atoms with Gasteiger partial charge in [0.15, 0.2) is 0 Å². The van der Waals surface area contributed by atoms with E-state index in [4.69, 9.17) is 0 Å². The van der Waals surface area contributed by atoms with Crippen LogP contribution in [0, 0.1) is 0 Å². The Kier molecular flexibility index (Phi) is 3.47. The fraction of sp³-hybridized carbons (Fsp3) is 0. The van der Waals surface area contributed by atoms with Crippen molar-refractivity contribution in [3.8, 4) is 11.1 Å². The number of nitrogens with zero attached hydrogens (tertiary/aromatic N) is 2. The van der Waals surface area contributed by atoms with E-state index in [1.807, 2.05) is 29.8 Å². The van der Waals surface area contributed by atoms with Gasteiger partial charge in [0, 0.05) is 17.8 Å². The van der Waals surface area contributed by atoms with Crippen molar-refractivity contribution in [2.75, 3.05) is 0 Å². The molecule has 0 unspecified atom stereocenters. The average molecular weight is 264 g/mol. The van der Waals surface area contributed by atoms with Crippen molar-refractivity contribution < 1.29 is 0 Å². The first kappa shape index (κ1) is 11.8. The third-order valence-electron chi connectivity index (χ3n) is 2.76. The smallest absolute Gasteiger partial charge is 0.208 e. The van der Waals surface area contributed by atoms with E-state index in [0.717, 1.165) is 10.7 Å². The quantitative estimate of drug-likeness (QED) is 0.636. The molecule has 0 radical (unpaired) electrons. The molecule has 92 valence electrons. The Labute approximate surface area is 116 Å². The summed E-state index contributed by atoms with van der Waals surface area (Å²) in [5.41, 5.74) is 3.52. The molecule has 1 heterocycles. The summed E-state index contributed by atoms with van der Waals surface area (Å²) in [6.45, 7) is 0. The predicted octanol–water partition coefficient (Wildman–Crippen LogP) is 4.56. The molecular formula is C16H12N2S. The van der Waals surface area contributed by atoms with Crippen LogP contribution in [-0.4, -0.2) is 11.2 Å². The van der Waals surface area contributed by atoms with Crippen molar-refractivity contribution in [2.24, 2.45) is 4.99 Å². The molecule has 0 fully saturated rings. The van der Waals surface area contributed by atoms with Gasteiger partial charge >= 0.3 is 0 Å². The molecule has 3 aromatic rings. The van der Waals surface area contributed by atoms with E-state index in [-0.39, 0.29) is 0 Å². The van der Waals surface area contributed by atoms with Crippen LogP contribution >= 0.6 is 11.3 Å². The summed E-state index contributed by atoms with van der Waals surface area (Å²) in [7, 11) is 0. The van der Waals surface area contributed by atoms with Gasteiger partial charge in [-0.2, -0.15) is 0 Å². The molecule has 0 N–H and O–H groups in total. The molecule has 3 rings (SSSR count). The minimum absolute atomic E-state index is 0.784. The van der Waals surface area contributed by atoms with Crippen molar-refractivity contribution in [3.05, 3.63) is 71.7 Å². The lowest BCUT2D eigenvalue weighted by Gasteiger charge is -2.01. The van der Waals surface area contributed by atoms with Crippen LogP contribution in [0.5, 0.6) is 0 Å². The van der Waals surface area contributed by atoms with Crippen LogP contribution in [0.15, 0.2) is 71.2 Å². The molecule has 0 atom stereocenters.